The minimum Gasteiger partial charge on any atom is -0.463 e. The Morgan fingerprint density at radius 3 is 2.53 bits per heavy atom. The third kappa shape index (κ3) is 9.73. The van der Waals surface area contributed by atoms with Crippen molar-refractivity contribution in [1.82, 2.24) is 0 Å². The molecule has 0 aromatic carbocycles. The van der Waals surface area contributed by atoms with Gasteiger partial charge in [0.15, 0.2) is 0 Å². The minimum atomic E-state index is -0.491. The van der Waals surface area contributed by atoms with Crippen LogP contribution in [0.5, 0.6) is 0 Å². The molecule has 0 bridgehead atoms. The fourth-order valence-corrected chi connectivity index (χ4v) is 1.37. The van der Waals surface area contributed by atoms with Gasteiger partial charge >= 0.3 is 5.97 Å². The van der Waals surface area contributed by atoms with E-state index in [2.05, 4.69) is 6.92 Å². The number of rotatable bonds is 9. The van der Waals surface area contributed by atoms with E-state index >= 15 is 0 Å². The van der Waals surface area contributed by atoms with Gasteiger partial charge in [0.05, 0.1) is 6.10 Å². The van der Waals surface area contributed by atoms with E-state index in [1.807, 2.05) is 6.92 Å². The first-order valence-corrected chi connectivity index (χ1v) is 6.04. The summed E-state index contributed by atoms with van der Waals surface area (Å²) in [6.45, 7) is 4.29. The molecule has 3 heteroatoms. The van der Waals surface area contributed by atoms with Crippen LogP contribution >= 0.6 is 0 Å². The molecule has 0 amide bonds. The summed E-state index contributed by atoms with van der Waals surface area (Å²) in [5.74, 6) is -0.179. The van der Waals surface area contributed by atoms with E-state index in [-0.39, 0.29) is 12.6 Å². The summed E-state index contributed by atoms with van der Waals surface area (Å²) in [6, 6.07) is 0. The highest BCUT2D eigenvalue weighted by Gasteiger charge is 2.07. The Hall–Kier alpha value is -0.570. The predicted molar refractivity (Wildman–Crippen MR) is 60.6 cm³/mol. The van der Waals surface area contributed by atoms with Crippen LogP contribution in [0.15, 0.2) is 0 Å². The smallest absolute Gasteiger partial charge is 0.305 e. The molecule has 0 fully saturated rings. The molecule has 0 heterocycles. The van der Waals surface area contributed by atoms with Gasteiger partial charge in [0.1, 0.15) is 6.61 Å². The summed E-state index contributed by atoms with van der Waals surface area (Å²) in [4.78, 5) is 11.2. The second-order valence-corrected chi connectivity index (χ2v) is 3.94. The van der Waals surface area contributed by atoms with Gasteiger partial charge < -0.3 is 9.84 Å². The number of hydrogen-bond acceptors (Lipinski definition) is 3. The van der Waals surface area contributed by atoms with Crippen molar-refractivity contribution in [2.45, 2.75) is 64.9 Å². The van der Waals surface area contributed by atoms with Gasteiger partial charge in [-0.2, -0.15) is 0 Å². The molecule has 0 saturated carbocycles. The average Bonchev–Trinajstić information content (AvgIpc) is 2.22. The fraction of sp³-hybridized carbons (Fsp3) is 0.917. The van der Waals surface area contributed by atoms with Crippen molar-refractivity contribution in [2.24, 2.45) is 0 Å². The Bertz CT molecular complexity index is 157. The van der Waals surface area contributed by atoms with E-state index < -0.39 is 6.10 Å². The monoisotopic (exact) mass is 216 g/mol. The van der Waals surface area contributed by atoms with Crippen LogP contribution in [0.2, 0.25) is 0 Å². The van der Waals surface area contributed by atoms with Gasteiger partial charge in [-0.3, -0.25) is 4.79 Å². The van der Waals surface area contributed by atoms with Gasteiger partial charge in [-0.1, -0.05) is 39.5 Å². The lowest BCUT2D eigenvalue weighted by molar-refractivity contribution is -0.146. The van der Waals surface area contributed by atoms with Gasteiger partial charge in [0.2, 0.25) is 0 Å². The third-order valence-electron chi connectivity index (χ3n) is 2.29. The molecule has 0 aliphatic heterocycles. The van der Waals surface area contributed by atoms with Gasteiger partial charge in [-0.15, -0.1) is 0 Å². The molecular weight excluding hydrogens is 192 g/mol. The summed E-state index contributed by atoms with van der Waals surface area (Å²) < 4.78 is 4.95. The van der Waals surface area contributed by atoms with Crippen molar-refractivity contribution in [3.8, 4) is 0 Å². The van der Waals surface area contributed by atoms with Crippen LogP contribution in [0, 0.1) is 0 Å². The van der Waals surface area contributed by atoms with Gasteiger partial charge in [0.25, 0.3) is 0 Å². The molecule has 0 aromatic rings. The molecule has 15 heavy (non-hydrogen) atoms. The molecule has 0 aliphatic carbocycles. The van der Waals surface area contributed by atoms with Gasteiger partial charge in [-0.25, -0.2) is 0 Å². The number of hydrogen-bond donors (Lipinski definition) is 1. The highest BCUT2D eigenvalue weighted by molar-refractivity contribution is 5.69. The molecule has 1 atom stereocenters. The van der Waals surface area contributed by atoms with E-state index in [1.54, 1.807) is 0 Å². The van der Waals surface area contributed by atoms with Crippen LogP contribution in [-0.2, 0) is 9.53 Å². The van der Waals surface area contributed by atoms with E-state index in [9.17, 15) is 9.90 Å². The Balaban J connectivity index is 3.32. The molecular formula is C12H24O3. The summed E-state index contributed by atoms with van der Waals surface area (Å²) in [7, 11) is 0. The molecule has 1 unspecified atom stereocenters. The molecule has 1 N–H and O–H groups in total. The summed E-state index contributed by atoms with van der Waals surface area (Å²) in [5, 5.41) is 9.33. The van der Waals surface area contributed by atoms with E-state index in [0.717, 1.165) is 19.3 Å². The molecule has 0 aliphatic rings. The number of aliphatic hydroxyl groups is 1. The molecule has 3 nitrogen and oxygen atoms in total. The Kier molecular flexibility index (Phi) is 9.59. The first kappa shape index (κ1) is 14.4. The summed E-state index contributed by atoms with van der Waals surface area (Å²) >= 11 is 0. The summed E-state index contributed by atoms with van der Waals surface area (Å²) in [5.41, 5.74) is 0. The minimum absolute atomic E-state index is 0.153. The van der Waals surface area contributed by atoms with Crippen LogP contribution in [0.25, 0.3) is 0 Å². The SMILES string of the molecule is CCCCCCC(=O)OCC(O)CCC. The first-order chi connectivity index (χ1) is 7.20. The standard InChI is InChI=1S/C12H24O3/c1-3-5-6-7-9-12(14)15-10-11(13)8-4-2/h11,13H,3-10H2,1-2H3. The zero-order valence-electron chi connectivity index (χ0n) is 10.00. The zero-order chi connectivity index (χ0) is 11.5. The lowest BCUT2D eigenvalue weighted by Crippen LogP contribution is -2.18. The third-order valence-corrected chi connectivity index (χ3v) is 2.29. The lowest BCUT2D eigenvalue weighted by atomic mass is 10.1. The fourth-order valence-electron chi connectivity index (χ4n) is 1.37. The zero-order valence-corrected chi connectivity index (χ0v) is 10.00. The number of carbonyl (C=O) groups is 1. The van der Waals surface area contributed by atoms with Crippen molar-refractivity contribution in [3.05, 3.63) is 0 Å². The number of ether oxygens (including phenoxy) is 1. The maximum absolute atomic E-state index is 11.2. The number of esters is 1. The quantitative estimate of drug-likeness (QED) is 0.476. The molecule has 0 aromatic heterocycles. The Morgan fingerprint density at radius 2 is 1.93 bits per heavy atom. The van der Waals surface area contributed by atoms with Crippen LogP contribution < -0.4 is 0 Å². The number of unbranched alkanes of at least 4 members (excludes halogenated alkanes) is 3. The summed E-state index contributed by atoms with van der Waals surface area (Å²) in [6.07, 6.45) is 5.93. The second-order valence-electron chi connectivity index (χ2n) is 3.94. The van der Waals surface area contributed by atoms with E-state index in [4.69, 9.17) is 4.74 Å². The maximum atomic E-state index is 11.2. The van der Waals surface area contributed by atoms with Crippen molar-refractivity contribution >= 4 is 5.97 Å². The van der Waals surface area contributed by atoms with Crippen molar-refractivity contribution in [1.29, 1.82) is 0 Å². The molecule has 0 rings (SSSR count). The largest absolute Gasteiger partial charge is 0.463 e. The average molecular weight is 216 g/mol. The van der Waals surface area contributed by atoms with Crippen molar-refractivity contribution in [2.75, 3.05) is 6.61 Å². The van der Waals surface area contributed by atoms with Crippen LogP contribution in [0.1, 0.15) is 58.8 Å². The Morgan fingerprint density at radius 1 is 1.20 bits per heavy atom. The maximum Gasteiger partial charge on any atom is 0.305 e. The van der Waals surface area contributed by atoms with Gasteiger partial charge in [0, 0.05) is 6.42 Å². The Labute approximate surface area is 92.8 Å². The lowest BCUT2D eigenvalue weighted by Gasteiger charge is -2.09. The molecule has 0 saturated heterocycles. The van der Waals surface area contributed by atoms with Crippen molar-refractivity contribution < 1.29 is 14.6 Å². The van der Waals surface area contributed by atoms with Crippen molar-refractivity contribution in [3.63, 3.8) is 0 Å². The highest BCUT2D eigenvalue weighted by Crippen LogP contribution is 2.04. The van der Waals surface area contributed by atoms with Crippen LogP contribution in [0.4, 0.5) is 0 Å². The molecule has 0 spiro atoms. The highest BCUT2D eigenvalue weighted by atomic mass is 16.5. The second kappa shape index (κ2) is 9.97. The predicted octanol–water partition coefficient (Wildman–Crippen LogP) is 2.66. The van der Waals surface area contributed by atoms with Crippen LogP contribution in [-0.4, -0.2) is 23.8 Å². The van der Waals surface area contributed by atoms with E-state index in [0.29, 0.717) is 12.8 Å². The van der Waals surface area contributed by atoms with Crippen LogP contribution in [0.3, 0.4) is 0 Å². The molecule has 90 valence electrons. The topological polar surface area (TPSA) is 46.5 Å². The number of aliphatic hydroxyl groups excluding tert-OH is 1. The first-order valence-electron chi connectivity index (χ1n) is 6.04. The molecule has 0 radical (unpaired) electrons. The number of carbonyl (C=O) groups excluding carboxylic acids is 1. The normalized spacial score (nSPS) is 12.5. The van der Waals surface area contributed by atoms with E-state index in [1.165, 1.54) is 12.8 Å². The van der Waals surface area contributed by atoms with Gasteiger partial charge in [-0.05, 0) is 12.8 Å².